The van der Waals surface area contributed by atoms with E-state index in [-0.39, 0.29) is 11.7 Å². The Bertz CT molecular complexity index is 443. The van der Waals surface area contributed by atoms with Crippen LogP contribution in [-0.2, 0) is 11.2 Å². The number of oxime groups is 1. The number of methoxy groups -OCH3 is 1. The summed E-state index contributed by atoms with van der Waals surface area (Å²) in [7, 11) is 1.61. The largest absolute Gasteiger partial charge is 0.497 e. The molecule has 0 spiro atoms. The van der Waals surface area contributed by atoms with Crippen molar-refractivity contribution in [3.05, 3.63) is 29.8 Å². The maximum atomic E-state index is 11.7. The van der Waals surface area contributed by atoms with Crippen LogP contribution in [0.3, 0.4) is 0 Å². The Labute approximate surface area is 118 Å². The third-order valence-electron chi connectivity index (χ3n) is 2.83. The quantitative estimate of drug-likeness (QED) is 0.219. The van der Waals surface area contributed by atoms with Crippen LogP contribution in [0.15, 0.2) is 29.4 Å². The lowest BCUT2D eigenvalue weighted by molar-refractivity contribution is -0.120. The first kappa shape index (κ1) is 15.8. The summed E-state index contributed by atoms with van der Waals surface area (Å²) in [6.07, 6.45) is 2.46. The zero-order valence-corrected chi connectivity index (χ0v) is 11.6. The average molecular weight is 279 g/mol. The minimum atomic E-state index is -0.0148. The predicted octanol–water partition coefficient (Wildman–Crippen LogP) is 1.27. The van der Waals surface area contributed by atoms with E-state index in [9.17, 15) is 4.79 Å². The SMILES string of the molecule is COc1ccc(CC(=O)NCCCCC(N)=NO)cc1. The van der Waals surface area contributed by atoms with Gasteiger partial charge in [-0.15, -0.1) is 0 Å². The van der Waals surface area contributed by atoms with Gasteiger partial charge in [-0.2, -0.15) is 0 Å². The van der Waals surface area contributed by atoms with Crippen LogP contribution in [-0.4, -0.2) is 30.6 Å². The highest BCUT2D eigenvalue weighted by molar-refractivity contribution is 5.79. The van der Waals surface area contributed by atoms with Gasteiger partial charge in [-0.3, -0.25) is 4.79 Å². The summed E-state index contributed by atoms with van der Waals surface area (Å²) in [4.78, 5) is 11.7. The molecule has 0 aliphatic rings. The van der Waals surface area contributed by atoms with Gasteiger partial charge >= 0.3 is 0 Å². The number of amidine groups is 1. The zero-order valence-electron chi connectivity index (χ0n) is 11.6. The lowest BCUT2D eigenvalue weighted by atomic mass is 10.1. The first-order valence-electron chi connectivity index (χ1n) is 6.51. The molecule has 1 rings (SSSR count). The van der Waals surface area contributed by atoms with Gasteiger partial charge in [0.1, 0.15) is 11.6 Å². The molecular formula is C14H21N3O3. The first-order valence-corrected chi connectivity index (χ1v) is 6.51. The molecule has 4 N–H and O–H groups in total. The van der Waals surface area contributed by atoms with E-state index in [4.69, 9.17) is 15.7 Å². The molecule has 0 saturated heterocycles. The number of rotatable bonds is 8. The molecule has 6 heteroatoms. The van der Waals surface area contributed by atoms with Crippen LogP contribution in [0.25, 0.3) is 0 Å². The maximum Gasteiger partial charge on any atom is 0.224 e. The van der Waals surface area contributed by atoms with Crippen molar-refractivity contribution in [1.29, 1.82) is 0 Å². The average Bonchev–Trinajstić information content (AvgIpc) is 2.47. The number of carbonyl (C=O) groups is 1. The van der Waals surface area contributed by atoms with Gasteiger partial charge in [0, 0.05) is 13.0 Å². The van der Waals surface area contributed by atoms with Crippen LogP contribution in [0.5, 0.6) is 5.75 Å². The van der Waals surface area contributed by atoms with Crippen LogP contribution in [0.2, 0.25) is 0 Å². The van der Waals surface area contributed by atoms with E-state index in [1.54, 1.807) is 7.11 Å². The minimum Gasteiger partial charge on any atom is -0.497 e. The van der Waals surface area contributed by atoms with Gasteiger partial charge in [0.05, 0.1) is 13.5 Å². The van der Waals surface area contributed by atoms with E-state index < -0.39 is 0 Å². The molecule has 0 heterocycles. The second kappa shape index (κ2) is 8.79. The Hall–Kier alpha value is -2.24. The predicted molar refractivity (Wildman–Crippen MR) is 77.0 cm³/mol. The number of hydrogen-bond donors (Lipinski definition) is 3. The Kier molecular flexibility index (Phi) is 6.95. The van der Waals surface area contributed by atoms with E-state index in [1.807, 2.05) is 24.3 Å². The Morgan fingerprint density at radius 3 is 2.65 bits per heavy atom. The zero-order chi connectivity index (χ0) is 14.8. The summed E-state index contributed by atoms with van der Waals surface area (Å²) in [5, 5.41) is 14.1. The third kappa shape index (κ3) is 6.08. The number of carbonyl (C=O) groups excluding carboxylic acids is 1. The standard InChI is InChI=1S/C14H21N3O3/c1-20-12-7-5-11(6-8-12)10-14(18)16-9-3-2-4-13(15)17-19/h5-8,19H,2-4,9-10H2,1H3,(H2,15,17)(H,16,18). The van der Waals surface area contributed by atoms with Gasteiger partial charge < -0.3 is 21.0 Å². The van der Waals surface area contributed by atoms with Crippen molar-refractivity contribution in [3.8, 4) is 5.75 Å². The molecule has 1 aromatic carbocycles. The maximum absolute atomic E-state index is 11.7. The number of benzene rings is 1. The van der Waals surface area contributed by atoms with E-state index in [2.05, 4.69) is 10.5 Å². The van der Waals surface area contributed by atoms with Crippen molar-refractivity contribution >= 4 is 11.7 Å². The number of hydrogen-bond acceptors (Lipinski definition) is 4. The summed E-state index contributed by atoms with van der Waals surface area (Å²) in [5.74, 6) is 0.978. The highest BCUT2D eigenvalue weighted by Crippen LogP contribution is 2.11. The molecule has 0 radical (unpaired) electrons. The van der Waals surface area contributed by atoms with Gasteiger partial charge in [-0.1, -0.05) is 17.3 Å². The fourth-order valence-corrected chi connectivity index (χ4v) is 1.70. The van der Waals surface area contributed by atoms with Crippen molar-refractivity contribution in [2.45, 2.75) is 25.7 Å². The van der Waals surface area contributed by atoms with Crippen molar-refractivity contribution in [2.75, 3.05) is 13.7 Å². The molecule has 1 amide bonds. The molecule has 0 aliphatic heterocycles. The van der Waals surface area contributed by atoms with E-state index in [1.165, 1.54) is 0 Å². The van der Waals surface area contributed by atoms with Crippen LogP contribution in [0.1, 0.15) is 24.8 Å². The summed E-state index contributed by atoms with van der Waals surface area (Å²) in [5.41, 5.74) is 6.29. The third-order valence-corrected chi connectivity index (χ3v) is 2.83. The molecule has 0 atom stereocenters. The lowest BCUT2D eigenvalue weighted by Crippen LogP contribution is -2.26. The summed E-state index contributed by atoms with van der Waals surface area (Å²) < 4.78 is 5.06. The van der Waals surface area contributed by atoms with Crippen molar-refractivity contribution in [1.82, 2.24) is 5.32 Å². The van der Waals surface area contributed by atoms with Gasteiger partial charge in [0.25, 0.3) is 0 Å². The highest BCUT2D eigenvalue weighted by atomic mass is 16.5. The summed E-state index contributed by atoms with van der Waals surface area (Å²) in [6, 6.07) is 7.41. The van der Waals surface area contributed by atoms with E-state index in [0.717, 1.165) is 24.2 Å². The second-order valence-corrected chi connectivity index (χ2v) is 4.42. The topological polar surface area (TPSA) is 96.9 Å². The minimum absolute atomic E-state index is 0.0148. The fourth-order valence-electron chi connectivity index (χ4n) is 1.70. The molecule has 0 aliphatic carbocycles. The number of nitrogens with zero attached hydrogens (tertiary/aromatic N) is 1. The molecule has 0 aromatic heterocycles. The molecule has 20 heavy (non-hydrogen) atoms. The number of amides is 1. The smallest absolute Gasteiger partial charge is 0.224 e. The van der Waals surface area contributed by atoms with Gasteiger partial charge in [0.15, 0.2) is 0 Å². The molecule has 0 unspecified atom stereocenters. The second-order valence-electron chi connectivity index (χ2n) is 4.42. The molecular weight excluding hydrogens is 258 g/mol. The molecule has 6 nitrogen and oxygen atoms in total. The fraction of sp³-hybridized carbons (Fsp3) is 0.429. The summed E-state index contributed by atoms with van der Waals surface area (Å²) in [6.45, 7) is 0.591. The first-order chi connectivity index (χ1) is 9.65. The highest BCUT2D eigenvalue weighted by Gasteiger charge is 2.03. The van der Waals surface area contributed by atoms with Crippen molar-refractivity contribution < 1.29 is 14.7 Å². The van der Waals surface area contributed by atoms with Crippen LogP contribution in [0.4, 0.5) is 0 Å². The lowest BCUT2D eigenvalue weighted by Gasteiger charge is -2.06. The van der Waals surface area contributed by atoms with Crippen LogP contribution >= 0.6 is 0 Å². The normalized spacial score (nSPS) is 11.2. The molecule has 0 fully saturated rings. The summed E-state index contributed by atoms with van der Waals surface area (Å²) >= 11 is 0. The van der Waals surface area contributed by atoms with Crippen LogP contribution in [0, 0.1) is 0 Å². The van der Waals surface area contributed by atoms with Crippen molar-refractivity contribution in [2.24, 2.45) is 10.9 Å². The molecule has 110 valence electrons. The number of nitrogens with two attached hydrogens (primary N) is 1. The molecule has 0 bridgehead atoms. The van der Waals surface area contributed by atoms with Gasteiger partial charge in [0.2, 0.25) is 5.91 Å². The van der Waals surface area contributed by atoms with Crippen molar-refractivity contribution in [3.63, 3.8) is 0 Å². The Morgan fingerprint density at radius 1 is 1.35 bits per heavy atom. The Balaban J connectivity index is 2.19. The molecule has 0 saturated carbocycles. The van der Waals surface area contributed by atoms with E-state index in [0.29, 0.717) is 19.4 Å². The van der Waals surface area contributed by atoms with Crippen LogP contribution < -0.4 is 15.8 Å². The monoisotopic (exact) mass is 279 g/mol. The van der Waals surface area contributed by atoms with Gasteiger partial charge in [-0.25, -0.2) is 0 Å². The number of nitrogens with one attached hydrogen (secondary N) is 1. The Morgan fingerprint density at radius 2 is 2.05 bits per heavy atom. The van der Waals surface area contributed by atoms with Gasteiger partial charge in [-0.05, 0) is 30.5 Å². The number of unbranched alkanes of at least 4 members (excludes halogenated alkanes) is 1. The number of ether oxygens (including phenoxy) is 1. The molecule has 1 aromatic rings. The van der Waals surface area contributed by atoms with E-state index >= 15 is 0 Å².